The molecule has 3 nitrogen and oxygen atoms in total. The van der Waals surface area contributed by atoms with Gasteiger partial charge in [-0.2, -0.15) is 0 Å². The number of rotatable bonds is 2. The lowest BCUT2D eigenvalue weighted by atomic mass is 10.1. The van der Waals surface area contributed by atoms with E-state index in [0.717, 1.165) is 0 Å². The normalized spacial score (nSPS) is 13.6. The number of hydrogen-bond donors (Lipinski definition) is 3. The van der Waals surface area contributed by atoms with Gasteiger partial charge in [-0.1, -0.05) is 0 Å². The molecule has 0 saturated carbocycles. The van der Waals surface area contributed by atoms with Crippen LogP contribution in [-0.2, 0) is 0 Å². The minimum absolute atomic E-state index is 0.0880. The quantitative estimate of drug-likeness (QED) is 0.367. The molecule has 5 N–H and O–H groups in total. The number of hydrazine groups is 1. The van der Waals surface area contributed by atoms with Gasteiger partial charge in [-0.25, -0.2) is 4.39 Å². The van der Waals surface area contributed by atoms with Gasteiger partial charge in [-0.05, 0) is 13.8 Å². The zero-order chi connectivity index (χ0) is 7.49. The Bertz CT molecular complexity index is 114. The summed E-state index contributed by atoms with van der Waals surface area (Å²) >= 11 is 0. The second-order valence-corrected chi connectivity index (χ2v) is 2.24. The van der Waals surface area contributed by atoms with Crippen molar-refractivity contribution in [1.82, 2.24) is 5.43 Å². The van der Waals surface area contributed by atoms with E-state index in [-0.39, 0.29) is 5.70 Å². The molecule has 0 fully saturated rings. The van der Waals surface area contributed by atoms with E-state index >= 15 is 0 Å². The van der Waals surface area contributed by atoms with Crippen molar-refractivity contribution >= 4 is 0 Å². The van der Waals surface area contributed by atoms with Gasteiger partial charge in [-0.3, -0.25) is 5.84 Å². The molecular formula is C5H12FN3. The summed E-state index contributed by atoms with van der Waals surface area (Å²) in [5.74, 6) is 4.85. The van der Waals surface area contributed by atoms with Crippen molar-refractivity contribution in [2.45, 2.75) is 19.5 Å². The molecule has 0 aromatic rings. The second kappa shape index (κ2) is 2.68. The highest BCUT2D eigenvalue weighted by Gasteiger charge is 2.18. The van der Waals surface area contributed by atoms with Crippen LogP contribution in [-0.4, -0.2) is 5.67 Å². The highest BCUT2D eigenvalue weighted by atomic mass is 19.1. The molecule has 0 aromatic heterocycles. The van der Waals surface area contributed by atoms with Crippen molar-refractivity contribution in [1.29, 1.82) is 0 Å². The Morgan fingerprint density at radius 3 is 2.22 bits per heavy atom. The molecule has 0 saturated heterocycles. The zero-order valence-electron chi connectivity index (χ0n) is 5.61. The summed E-state index contributed by atoms with van der Waals surface area (Å²) in [7, 11) is 0. The van der Waals surface area contributed by atoms with Crippen molar-refractivity contribution in [2.24, 2.45) is 11.6 Å². The lowest BCUT2D eigenvalue weighted by molar-refractivity contribution is 0.264. The van der Waals surface area contributed by atoms with E-state index in [4.69, 9.17) is 11.6 Å². The molecule has 9 heavy (non-hydrogen) atoms. The third-order valence-electron chi connectivity index (χ3n) is 0.925. The summed E-state index contributed by atoms with van der Waals surface area (Å²) < 4.78 is 12.7. The minimum Gasteiger partial charge on any atom is -0.398 e. The van der Waals surface area contributed by atoms with E-state index in [1.807, 2.05) is 0 Å². The Morgan fingerprint density at radius 2 is 2.11 bits per heavy atom. The first kappa shape index (κ1) is 8.23. The average Bonchev–Trinajstić information content (AvgIpc) is 1.64. The molecule has 0 radical (unpaired) electrons. The zero-order valence-corrected chi connectivity index (χ0v) is 5.61. The molecule has 0 aliphatic carbocycles. The van der Waals surface area contributed by atoms with Crippen LogP contribution in [0, 0.1) is 0 Å². The van der Waals surface area contributed by atoms with Crippen molar-refractivity contribution in [3.05, 3.63) is 11.9 Å². The van der Waals surface area contributed by atoms with Gasteiger partial charge < -0.3 is 11.2 Å². The van der Waals surface area contributed by atoms with Crippen LogP contribution < -0.4 is 17.0 Å². The summed E-state index contributed by atoms with van der Waals surface area (Å²) in [6, 6.07) is 0. The van der Waals surface area contributed by atoms with Crippen molar-refractivity contribution in [3.63, 3.8) is 0 Å². The third-order valence-corrected chi connectivity index (χ3v) is 0.925. The molecule has 0 amide bonds. The van der Waals surface area contributed by atoms with Crippen LogP contribution in [0.3, 0.4) is 0 Å². The number of nitrogens with one attached hydrogen (secondary N) is 1. The van der Waals surface area contributed by atoms with Crippen molar-refractivity contribution in [3.8, 4) is 0 Å². The standard InChI is InChI=1S/C5H12FN3/c1-5(2,6)4(7)3-9-8/h3,9H,7-8H2,1-2H3/b4-3-. The van der Waals surface area contributed by atoms with Gasteiger partial charge in [0.05, 0.1) is 5.70 Å². The summed E-state index contributed by atoms with van der Waals surface area (Å²) in [6.45, 7) is 2.71. The fraction of sp³-hybridized carbons (Fsp3) is 0.600. The number of alkyl halides is 1. The third kappa shape index (κ3) is 2.92. The Kier molecular flexibility index (Phi) is 2.45. The van der Waals surface area contributed by atoms with Gasteiger partial charge in [0.2, 0.25) is 0 Å². The SMILES string of the molecule is CC(C)(F)/C(N)=C/NN. The van der Waals surface area contributed by atoms with Crippen LogP contribution in [0.4, 0.5) is 4.39 Å². The molecule has 0 aliphatic heterocycles. The fourth-order valence-corrected chi connectivity index (χ4v) is 0.261. The van der Waals surface area contributed by atoms with E-state index in [1.54, 1.807) is 0 Å². The van der Waals surface area contributed by atoms with E-state index < -0.39 is 5.67 Å². The van der Waals surface area contributed by atoms with Gasteiger partial charge in [0.15, 0.2) is 0 Å². The van der Waals surface area contributed by atoms with Crippen molar-refractivity contribution < 1.29 is 4.39 Å². The monoisotopic (exact) mass is 133 g/mol. The van der Waals surface area contributed by atoms with Crippen molar-refractivity contribution in [2.75, 3.05) is 0 Å². The van der Waals surface area contributed by atoms with Crippen LogP contribution in [0.25, 0.3) is 0 Å². The molecule has 0 bridgehead atoms. The van der Waals surface area contributed by atoms with Crippen LogP contribution in [0.1, 0.15) is 13.8 Å². The van der Waals surface area contributed by atoms with Crippen LogP contribution in [0.15, 0.2) is 11.9 Å². The van der Waals surface area contributed by atoms with Gasteiger partial charge in [0.25, 0.3) is 0 Å². The van der Waals surface area contributed by atoms with Crippen LogP contribution >= 0.6 is 0 Å². The maximum Gasteiger partial charge on any atom is 0.145 e. The van der Waals surface area contributed by atoms with Gasteiger partial charge in [0.1, 0.15) is 5.67 Å². The molecular weight excluding hydrogens is 121 g/mol. The first-order chi connectivity index (χ1) is 3.98. The largest absolute Gasteiger partial charge is 0.398 e. The number of hydrogen-bond acceptors (Lipinski definition) is 3. The first-order valence-corrected chi connectivity index (χ1v) is 2.59. The van der Waals surface area contributed by atoms with E-state index in [2.05, 4.69) is 5.43 Å². The molecule has 0 aliphatic rings. The first-order valence-electron chi connectivity index (χ1n) is 2.59. The highest BCUT2D eigenvalue weighted by molar-refractivity contribution is 5.07. The fourth-order valence-electron chi connectivity index (χ4n) is 0.261. The summed E-state index contributed by atoms with van der Waals surface area (Å²) in [6.07, 6.45) is 1.22. The molecule has 0 spiro atoms. The number of nitrogens with two attached hydrogens (primary N) is 2. The Balaban J connectivity index is 4.03. The second-order valence-electron chi connectivity index (χ2n) is 2.24. The lowest BCUT2D eigenvalue weighted by Crippen LogP contribution is -2.27. The highest BCUT2D eigenvalue weighted by Crippen LogP contribution is 2.13. The maximum atomic E-state index is 12.7. The van der Waals surface area contributed by atoms with Gasteiger partial charge in [-0.15, -0.1) is 0 Å². The molecule has 0 aromatic carbocycles. The molecule has 0 rings (SSSR count). The summed E-state index contributed by atoms with van der Waals surface area (Å²) in [4.78, 5) is 0. The summed E-state index contributed by atoms with van der Waals surface area (Å²) in [5.41, 5.74) is 5.95. The predicted molar refractivity (Wildman–Crippen MR) is 34.8 cm³/mol. The van der Waals surface area contributed by atoms with Gasteiger partial charge in [0, 0.05) is 6.20 Å². The lowest BCUT2D eigenvalue weighted by Gasteiger charge is -2.13. The predicted octanol–water partition coefficient (Wildman–Crippen LogP) is -0.00210. The smallest absolute Gasteiger partial charge is 0.145 e. The Labute approximate surface area is 53.9 Å². The van der Waals surface area contributed by atoms with Crippen LogP contribution in [0.2, 0.25) is 0 Å². The summed E-state index contributed by atoms with van der Waals surface area (Å²) in [5, 5.41) is 0. The molecule has 0 atom stereocenters. The van der Waals surface area contributed by atoms with E-state index in [0.29, 0.717) is 0 Å². The molecule has 4 heteroatoms. The van der Waals surface area contributed by atoms with E-state index in [9.17, 15) is 4.39 Å². The molecule has 0 heterocycles. The Morgan fingerprint density at radius 1 is 1.67 bits per heavy atom. The Hall–Kier alpha value is -0.770. The van der Waals surface area contributed by atoms with Gasteiger partial charge >= 0.3 is 0 Å². The molecule has 54 valence electrons. The maximum absolute atomic E-state index is 12.7. The molecule has 0 unspecified atom stereocenters. The van der Waals surface area contributed by atoms with E-state index in [1.165, 1.54) is 20.0 Å². The number of halogens is 1. The number of allylic oxidation sites excluding steroid dienone is 1. The minimum atomic E-state index is -1.49. The topological polar surface area (TPSA) is 64.1 Å². The van der Waals surface area contributed by atoms with Crippen LogP contribution in [0.5, 0.6) is 0 Å². The average molecular weight is 133 g/mol.